The third-order valence-corrected chi connectivity index (χ3v) is 3.82. The van der Waals surface area contributed by atoms with Crippen LogP contribution in [0.2, 0.25) is 0 Å². The highest BCUT2D eigenvalue weighted by atomic mass is 16.7. The zero-order valence-electron chi connectivity index (χ0n) is 12.0. The van der Waals surface area contributed by atoms with Gasteiger partial charge in [0.2, 0.25) is 0 Å². The highest BCUT2D eigenvalue weighted by Crippen LogP contribution is 2.35. The van der Waals surface area contributed by atoms with Crippen LogP contribution in [0.25, 0.3) is 10.4 Å². The van der Waals surface area contributed by atoms with Crippen molar-refractivity contribution in [3.63, 3.8) is 0 Å². The van der Waals surface area contributed by atoms with Gasteiger partial charge in [-0.3, -0.25) is 0 Å². The fourth-order valence-electron chi connectivity index (χ4n) is 2.73. The third kappa shape index (κ3) is 2.80. The molecule has 0 saturated carbocycles. The molecule has 22 heavy (non-hydrogen) atoms. The normalized spacial score (nSPS) is 37.9. The Labute approximate surface area is 127 Å². The van der Waals surface area contributed by atoms with Crippen LogP contribution in [0.5, 0.6) is 0 Å². The Morgan fingerprint density at radius 2 is 2.09 bits per heavy atom. The number of hydrogen-bond donors (Lipinski definition) is 1. The summed E-state index contributed by atoms with van der Waals surface area (Å²) in [5.74, 6) is 0. The largest absolute Gasteiger partial charge is 0.390 e. The number of benzene rings is 1. The lowest BCUT2D eigenvalue weighted by Crippen LogP contribution is -2.61. The first-order valence-corrected chi connectivity index (χ1v) is 6.97. The highest BCUT2D eigenvalue weighted by Gasteiger charge is 2.49. The fraction of sp³-hybridized carbons (Fsp3) is 0.571. The second kappa shape index (κ2) is 6.62. The van der Waals surface area contributed by atoms with Crippen molar-refractivity contribution in [2.75, 3.05) is 13.7 Å². The molecular formula is C14H17N3O5. The van der Waals surface area contributed by atoms with E-state index in [-0.39, 0.29) is 6.61 Å². The van der Waals surface area contributed by atoms with E-state index in [1.807, 2.05) is 30.3 Å². The first kappa shape index (κ1) is 15.2. The van der Waals surface area contributed by atoms with Gasteiger partial charge in [0.1, 0.15) is 18.2 Å². The van der Waals surface area contributed by atoms with Gasteiger partial charge in [0.25, 0.3) is 0 Å². The quantitative estimate of drug-likeness (QED) is 0.517. The van der Waals surface area contributed by atoms with Crippen molar-refractivity contribution in [3.8, 4) is 0 Å². The van der Waals surface area contributed by atoms with Crippen LogP contribution in [0.1, 0.15) is 11.9 Å². The van der Waals surface area contributed by atoms with Gasteiger partial charge in [-0.05, 0) is 5.53 Å². The summed E-state index contributed by atoms with van der Waals surface area (Å²) in [5.41, 5.74) is 9.50. The Morgan fingerprint density at radius 1 is 1.32 bits per heavy atom. The molecule has 2 heterocycles. The van der Waals surface area contributed by atoms with E-state index in [9.17, 15) is 5.11 Å². The molecule has 1 N–H and O–H groups in total. The van der Waals surface area contributed by atoms with Crippen LogP contribution in [0.4, 0.5) is 0 Å². The molecule has 8 nitrogen and oxygen atoms in total. The summed E-state index contributed by atoms with van der Waals surface area (Å²) in [6.07, 6.45) is -3.58. The van der Waals surface area contributed by atoms with Gasteiger partial charge in [0, 0.05) is 17.6 Å². The van der Waals surface area contributed by atoms with Gasteiger partial charge < -0.3 is 24.1 Å². The minimum absolute atomic E-state index is 0.254. The number of hydrogen-bond acceptors (Lipinski definition) is 6. The summed E-state index contributed by atoms with van der Waals surface area (Å²) in [4.78, 5) is 2.74. The summed E-state index contributed by atoms with van der Waals surface area (Å²) in [7, 11) is 1.43. The van der Waals surface area contributed by atoms with Gasteiger partial charge in [-0.15, -0.1) is 0 Å². The van der Waals surface area contributed by atoms with E-state index in [0.29, 0.717) is 0 Å². The van der Waals surface area contributed by atoms with Gasteiger partial charge in [-0.25, -0.2) is 0 Å². The van der Waals surface area contributed by atoms with Gasteiger partial charge in [0.05, 0.1) is 12.7 Å². The Morgan fingerprint density at radius 3 is 2.77 bits per heavy atom. The van der Waals surface area contributed by atoms with Crippen LogP contribution < -0.4 is 0 Å². The van der Waals surface area contributed by atoms with Crippen molar-refractivity contribution in [1.29, 1.82) is 0 Å². The fourth-order valence-corrected chi connectivity index (χ4v) is 2.73. The highest BCUT2D eigenvalue weighted by molar-refractivity contribution is 5.16. The molecule has 1 unspecified atom stereocenters. The van der Waals surface area contributed by atoms with Crippen molar-refractivity contribution in [3.05, 3.63) is 46.3 Å². The maximum atomic E-state index is 10.5. The number of nitrogens with zero attached hydrogens (tertiary/aromatic N) is 3. The lowest BCUT2D eigenvalue weighted by atomic mass is 9.96. The number of azide groups is 1. The molecule has 0 amide bonds. The van der Waals surface area contributed by atoms with E-state index in [0.717, 1.165) is 5.56 Å². The Balaban J connectivity index is 1.79. The van der Waals surface area contributed by atoms with Crippen LogP contribution in [0.3, 0.4) is 0 Å². The van der Waals surface area contributed by atoms with E-state index >= 15 is 0 Å². The van der Waals surface area contributed by atoms with E-state index in [1.165, 1.54) is 7.11 Å². The molecule has 2 aliphatic heterocycles. The number of rotatable bonds is 3. The average Bonchev–Trinajstić information content (AvgIpc) is 2.58. The number of methoxy groups -OCH3 is 1. The molecule has 0 aromatic heterocycles. The Bertz CT molecular complexity index is 551. The minimum atomic E-state index is -1.03. The first-order chi connectivity index (χ1) is 10.7. The smallest absolute Gasteiger partial charge is 0.184 e. The summed E-state index contributed by atoms with van der Waals surface area (Å²) in [6.45, 7) is 0.254. The van der Waals surface area contributed by atoms with Crippen molar-refractivity contribution >= 4 is 0 Å². The van der Waals surface area contributed by atoms with Crippen LogP contribution in [-0.4, -0.2) is 49.5 Å². The summed E-state index contributed by atoms with van der Waals surface area (Å²) >= 11 is 0. The zero-order chi connectivity index (χ0) is 15.5. The average molecular weight is 307 g/mol. The molecule has 3 rings (SSSR count). The second-order valence-corrected chi connectivity index (χ2v) is 5.14. The first-order valence-electron chi connectivity index (χ1n) is 6.97. The maximum Gasteiger partial charge on any atom is 0.184 e. The van der Waals surface area contributed by atoms with E-state index < -0.39 is 36.9 Å². The molecule has 0 radical (unpaired) electrons. The molecule has 2 saturated heterocycles. The maximum absolute atomic E-state index is 10.5. The van der Waals surface area contributed by atoms with Crippen molar-refractivity contribution in [2.45, 2.75) is 36.9 Å². The van der Waals surface area contributed by atoms with E-state index in [2.05, 4.69) is 10.0 Å². The van der Waals surface area contributed by atoms with Crippen LogP contribution in [-0.2, 0) is 18.9 Å². The number of aliphatic hydroxyl groups excluding tert-OH is 1. The summed E-state index contributed by atoms with van der Waals surface area (Å²) in [5, 5.41) is 14.0. The number of ether oxygens (including phenoxy) is 4. The molecule has 8 heteroatoms. The van der Waals surface area contributed by atoms with Crippen molar-refractivity contribution < 1.29 is 24.1 Å². The molecule has 1 aromatic rings. The van der Waals surface area contributed by atoms with E-state index in [4.69, 9.17) is 24.5 Å². The molecule has 0 spiro atoms. The predicted molar refractivity (Wildman–Crippen MR) is 74.6 cm³/mol. The van der Waals surface area contributed by atoms with Gasteiger partial charge in [0.15, 0.2) is 12.6 Å². The van der Waals surface area contributed by atoms with Crippen LogP contribution in [0.15, 0.2) is 35.4 Å². The lowest BCUT2D eigenvalue weighted by molar-refractivity contribution is -0.338. The number of aliphatic hydroxyl groups is 1. The van der Waals surface area contributed by atoms with Gasteiger partial charge in [-0.2, -0.15) is 0 Å². The summed E-state index contributed by atoms with van der Waals surface area (Å²) in [6, 6.07) is 8.55. The van der Waals surface area contributed by atoms with Crippen molar-refractivity contribution in [1.82, 2.24) is 0 Å². The number of fused-ring (bicyclic) bond motifs is 1. The zero-order valence-corrected chi connectivity index (χ0v) is 12.0. The molecule has 0 bridgehead atoms. The standard InChI is InChI=1S/C14H17N3O5/c1-19-14-10(16-17-15)11(18)12-9(21-14)7-20-13(22-12)8-5-3-2-4-6-8/h2-6,9-14,18H,7H2,1H3/t9-,10-,11+,12-,13?,14+/m1/s1. The van der Waals surface area contributed by atoms with Gasteiger partial charge >= 0.3 is 0 Å². The molecule has 6 atom stereocenters. The molecule has 0 aliphatic carbocycles. The Hall–Kier alpha value is -1.67. The molecule has 118 valence electrons. The predicted octanol–water partition coefficient (Wildman–Crippen LogP) is 1.51. The summed E-state index contributed by atoms with van der Waals surface area (Å²) < 4.78 is 22.3. The van der Waals surface area contributed by atoms with Gasteiger partial charge in [-0.1, -0.05) is 35.4 Å². The molecular weight excluding hydrogens is 290 g/mol. The molecule has 2 aliphatic rings. The minimum Gasteiger partial charge on any atom is -0.390 e. The van der Waals surface area contributed by atoms with Crippen LogP contribution >= 0.6 is 0 Å². The van der Waals surface area contributed by atoms with Crippen LogP contribution in [0, 0.1) is 0 Å². The van der Waals surface area contributed by atoms with Crippen molar-refractivity contribution in [2.24, 2.45) is 5.11 Å². The SMILES string of the molecule is CO[C@H]1O[C@@H]2COC(c3ccccc3)O[C@H]2[C@@H](O)[C@H]1N=[N+]=[N-]. The topological polar surface area (TPSA) is 106 Å². The third-order valence-electron chi connectivity index (χ3n) is 3.82. The van der Waals surface area contributed by atoms with E-state index in [1.54, 1.807) is 0 Å². The lowest BCUT2D eigenvalue weighted by Gasteiger charge is -2.46. The monoisotopic (exact) mass is 307 g/mol. The Kier molecular flexibility index (Phi) is 4.58. The second-order valence-electron chi connectivity index (χ2n) is 5.14. The molecule has 2 fully saturated rings. The molecule has 1 aromatic carbocycles.